The molecule has 828 valence electrons. The van der Waals surface area contributed by atoms with Gasteiger partial charge in [-0.3, -0.25) is 112 Å². The summed E-state index contributed by atoms with van der Waals surface area (Å²) < 4.78 is 11.0. The predicted octanol–water partition coefficient (Wildman–Crippen LogP) is -2.84. The molecule has 5 heterocycles. The average molecular weight is 2100 g/mol. The van der Waals surface area contributed by atoms with Crippen LogP contribution in [0.5, 0.6) is 0 Å². The van der Waals surface area contributed by atoms with Gasteiger partial charge in [0.2, 0.25) is 94.5 Å². The fourth-order valence-corrected chi connectivity index (χ4v) is 17.7. The van der Waals surface area contributed by atoms with E-state index in [2.05, 4.69) is 100 Å². The van der Waals surface area contributed by atoms with Gasteiger partial charge in [-0.05, 0) is 157 Å². The molecule has 3 aliphatic rings. The summed E-state index contributed by atoms with van der Waals surface area (Å²) in [6.07, 6.45) is 14.6. The molecule has 2 aromatic heterocycles. The van der Waals surface area contributed by atoms with Crippen molar-refractivity contribution < 1.29 is 121 Å². The van der Waals surface area contributed by atoms with Gasteiger partial charge in [-0.2, -0.15) is 0 Å². The van der Waals surface area contributed by atoms with E-state index in [0.29, 0.717) is 29.4 Å². The number of aromatic amines is 2. The van der Waals surface area contributed by atoms with Gasteiger partial charge in [0.1, 0.15) is 84.7 Å². The number of ketones is 1. The smallest absolute Gasteiger partial charge is 0.317 e. The van der Waals surface area contributed by atoms with Crippen molar-refractivity contribution in [3.63, 3.8) is 0 Å². The van der Waals surface area contributed by atoms with Crippen LogP contribution >= 0.6 is 0 Å². The van der Waals surface area contributed by atoms with E-state index in [1.165, 1.54) is 61.2 Å². The van der Waals surface area contributed by atoms with Gasteiger partial charge in [0.15, 0.2) is 11.9 Å². The number of aliphatic carboxylic acids is 3. The summed E-state index contributed by atoms with van der Waals surface area (Å²) in [6, 6.07) is -10.0. The number of rotatable bonds is 65. The first-order valence-electron chi connectivity index (χ1n) is 51.5. The fourth-order valence-electron chi connectivity index (χ4n) is 17.7. The predicted molar refractivity (Wildman–Crippen MR) is 538 cm³/mol. The van der Waals surface area contributed by atoms with Crippen molar-refractivity contribution in [1.82, 2.24) is 115 Å². The topological polar surface area (TPSA) is 821 Å². The SMILES string of the molecule is CC(=O)N[C@H]1CCC(=O)CCCC[C@@H](C(=O)N2CCC[C@H]2C(=O)N2CCC[C@H]2C(=O)N[C@@H](CCCNC(=N)N)C(=O)N[C@@H](CC(=O)O)C(=O)N[C@@H](CCCCN(CC(=O)O)CC(=O)O)C(=O)N[C@@H](CCCCNC(=O)COCCOCCNC(=O)CCCCCCCCCCCCCCCc2nnn[nH]2)C(N)=O)NC(=O)[C@H](Cc2c[nH]c3ccccc23)NC(=O)[C@H](CCCNC(=N)N)NC(=O)CNC(=O)[C@H](CCC(N)=O)NC1=O. The first-order valence-corrected chi connectivity index (χ1v) is 51.5. The number of nitrogens with one attached hydrogen (secondary N) is 18. The number of guanidine groups is 2. The number of H-pyrrole nitrogens is 2. The molecule has 0 aliphatic carbocycles. The number of amides is 16. The van der Waals surface area contributed by atoms with Crippen molar-refractivity contribution in [1.29, 1.82) is 10.8 Å². The molecule has 3 aromatic rings. The number of ether oxygens (including phenoxy) is 2. The van der Waals surface area contributed by atoms with Crippen molar-refractivity contribution in [2.24, 2.45) is 22.9 Å². The highest BCUT2D eigenvalue weighted by atomic mass is 16.5. The molecule has 149 heavy (non-hydrogen) atoms. The molecular formula is C96H154N28O25. The van der Waals surface area contributed by atoms with Gasteiger partial charge < -0.3 is 137 Å². The second-order valence-corrected chi connectivity index (χ2v) is 37.6. The monoisotopic (exact) mass is 2100 g/mol. The van der Waals surface area contributed by atoms with E-state index in [-0.39, 0.29) is 213 Å². The van der Waals surface area contributed by atoms with Crippen molar-refractivity contribution in [3.05, 3.63) is 41.9 Å². The molecule has 0 saturated carbocycles. The Morgan fingerprint density at radius 3 is 1.74 bits per heavy atom. The van der Waals surface area contributed by atoms with E-state index < -0.39 is 223 Å². The summed E-state index contributed by atoms with van der Waals surface area (Å²) in [5.41, 5.74) is 23.5. The quantitative estimate of drug-likeness (QED) is 0.0154. The van der Waals surface area contributed by atoms with Crippen LogP contribution in [-0.2, 0) is 118 Å². The molecule has 53 nitrogen and oxygen atoms in total. The third-order valence-corrected chi connectivity index (χ3v) is 25.5. The zero-order valence-corrected chi connectivity index (χ0v) is 85.0. The Kier molecular flexibility index (Phi) is 57.3. The van der Waals surface area contributed by atoms with Crippen LogP contribution in [0.4, 0.5) is 0 Å². The third kappa shape index (κ3) is 49.5. The lowest BCUT2D eigenvalue weighted by Crippen LogP contribution is -2.60. The lowest BCUT2D eigenvalue weighted by molar-refractivity contribution is -0.148. The number of carbonyl (C=O) groups excluding carboxylic acids is 17. The number of carboxylic acids is 3. The van der Waals surface area contributed by atoms with Crippen molar-refractivity contribution in [3.8, 4) is 0 Å². The van der Waals surface area contributed by atoms with Crippen LogP contribution in [-0.4, -0.2) is 344 Å². The molecule has 29 N–H and O–H groups in total. The summed E-state index contributed by atoms with van der Waals surface area (Å²) >= 11 is 0. The van der Waals surface area contributed by atoms with E-state index in [1.54, 1.807) is 30.5 Å². The van der Waals surface area contributed by atoms with E-state index in [0.717, 1.165) is 56.2 Å². The minimum Gasteiger partial charge on any atom is -0.481 e. The summed E-state index contributed by atoms with van der Waals surface area (Å²) in [7, 11) is 0. The summed E-state index contributed by atoms with van der Waals surface area (Å²) in [4.78, 5) is 281. The van der Waals surface area contributed by atoms with Gasteiger partial charge in [-0.25, -0.2) is 5.10 Å². The molecule has 0 spiro atoms. The third-order valence-electron chi connectivity index (χ3n) is 25.5. The summed E-state index contributed by atoms with van der Waals surface area (Å²) in [5.74, 6) is -18.7. The minimum absolute atomic E-state index is 0.00942. The van der Waals surface area contributed by atoms with E-state index in [1.807, 2.05) is 0 Å². The number of tetrazole rings is 1. The van der Waals surface area contributed by atoms with Crippen LogP contribution in [0.3, 0.4) is 0 Å². The molecule has 0 unspecified atom stereocenters. The highest BCUT2D eigenvalue weighted by Crippen LogP contribution is 2.29. The van der Waals surface area contributed by atoms with Gasteiger partial charge >= 0.3 is 17.9 Å². The Morgan fingerprint density at radius 1 is 0.523 bits per heavy atom. The lowest BCUT2D eigenvalue weighted by atomic mass is 10.00. The Hall–Kier alpha value is -14.2. The summed E-state index contributed by atoms with van der Waals surface area (Å²) in [6.45, 7) is -0.949. The standard InChI is InChI=1S/C96H154N28O25/c1-60(125)109-70-40-39-62(126)27-15-17-32-71(115-90(143)72(53-61-55-107-64-29-18-16-28-63(61)64)116-86(139)66(33-23-44-105-95(99)100)110-79(129)56-108-85(138)69(113-89(70)142)41-42-76(97)127)93(146)124-49-26-36-75(124)94(147)123-48-25-35-74(123)92(145)114-68(34-24-45-106-96(101)102)88(141)117-73(54-81(131)132)91(144)112-67(31-20-22-47-122(57-82(133)134)58-83(135)136)87(140)111-65(84(98)137)30-19-21-43-103-80(130)59-149-52-51-148-50-46-104-78(128)38-14-12-10-8-6-4-2-3-5-7-9-11-13-37-77-118-120-121-119-77/h16,18,28-29,55,65-75,107H,2-15,17,19-27,30-54,56-59H2,1H3,(H2,97,127)(H2,98,137)(H,103,130)(H,104,128)(H,108,138)(H,109,125)(H,110,129)(H,111,140)(H,112,144)(H,113,142)(H,114,145)(H,115,143)(H,116,139)(H,117,141)(H,131,132)(H,133,134)(H,135,136)(H4,99,100,105)(H4,101,102,106)(H,118,119,120,121)/t65-,66-,67-,68-,69-,70-,71-,72-,73-,74-,75-/m0/s1. The molecule has 3 fully saturated rings. The molecule has 0 radical (unpaired) electrons. The molecule has 3 saturated heterocycles. The highest BCUT2D eigenvalue weighted by molar-refractivity contribution is 6.01. The van der Waals surface area contributed by atoms with Crippen LogP contribution in [0.15, 0.2) is 30.5 Å². The number of carbonyl (C=O) groups is 20. The first kappa shape index (κ1) is 124. The van der Waals surface area contributed by atoms with Crippen LogP contribution in [0.1, 0.15) is 256 Å². The molecule has 16 amide bonds. The Balaban J connectivity index is 1.11. The average Bonchev–Trinajstić information content (AvgIpc) is 1.66. The molecule has 53 heteroatoms. The number of likely N-dealkylation sites (tertiary alicyclic amines) is 2. The zero-order valence-electron chi connectivity index (χ0n) is 85.0. The number of para-hydroxylation sites is 1. The van der Waals surface area contributed by atoms with Crippen LogP contribution in [0.2, 0.25) is 0 Å². The highest BCUT2D eigenvalue weighted by Gasteiger charge is 2.46. The minimum atomic E-state index is -2.05. The lowest BCUT2D eigenvalue weighted by Gasteiger charge is -2.34. The largest absolute Gasteiger partial charge is 0.481 e. The van der Waals surface area contributed by atoms with Crippen LogP contribution < -0.4 is 97.4 Å². The van der Waals surface area contributed by atoms with Crippen LogP contribution in [0, 0.1) is 10.8 Å². The number of nitrogens with two attached hydrogens (primary N) is 4. The number of fused-ring (bicyclic) bond motifs is 1. The van der Waals surface area contributed by atoms with Gasteiger partial charge in [0.05, 0.1) is 45.9 Å². The number of primary amides is 2. The van der Waals surface area contributed by atoms with Gasteiger partial charge in [-0.1, -0.05) is 95.2 Å². The van der Waals surface area contributed by atoms with Gasteiger partial charge in [0, 0.05) is 102 Å². The number of nitrogens with zero attached hydrogens (tertiary/aromatic N) is 6. The number of benzene rings is 1. The van der Waals surface area contributed by atoms with E-state index >= 15 is 14.4 Å². The van der Waals surface area contributed by atoms with Crippen molar-refractivity contribution in [2.45, 2.75) is 324 Å². The van der Waals surface area contributed by atoms with Crippen molar-refractivity contribution in [2.75, 3.05) is 91.9 Å². The molecular weight excluding hydrogens is 1950 g/mol. The molecule has 3 aliphatic heterocycles. The van der Waals surface area contributed by atoms with Crippen LogP contribution in [0.25, 0.3) is 10.9 Å². The first-order chi connectivity index (χ1) is 71.3. The molecule has 0 bridgehead atoms. The molecule has 1 aromatic carbocycles. The zero-order chi connectivity index (χ0) is 109. The number of hydrogen-bond acceptors (Lipinski definition) is 28. The maximum atomic E-state index is 15.6. The van der Waals surface area contributed by atoms with Gasteiger partial charge in [-0.15, -0.1) is 5.10 Å². The number of Topliss-reactive ketones (excluding diaryl/α,β-unsaturated/α-hetero) is 1. The Labute approximate surface area is 863 Å². The molecule has 6 rings (SSSR count). The van der Waals surface area contributed by atoms with E-state index in [9.17, 15) is 96.8 Å². The van der Waals surface area contributed by atoms with Crippen molar-refractivity contribution >= 4 is 141 Å². The van der Waals surface area contributed by atoms with Gasteiger partial charge in [0.25, 0.3) is 0 Å². The number of aryl methyl sites for hydroxylation is 1. The number of aromatic nitrogens is 5. The number of unbranched alkanes of at least 4 members (excludes halogenated alkanes) is 14. The normalized spacial score (nSPS) is 18.5. The second kappa shape index (κ2) is 69.1. The maximum Gasteiger partial charge on any atom is 0.317 e. The van der Waals surface area contributed by atoms with E-state index in [4.69, 9.17) is 43.2 Å². The maximum absolute atomic E-state index is 15.6. The molecule has 11 atom stereocenters. The number of carboxylic acid groups (broad SMARTS) is 3. The number of hydrogen-bond donors (Lipinski definition) is 25. The second-order valence-electron chi connectivity index (χ2n) is 37.6. The fraction of sp³-hybridized carbons (Fsp3) is 0.677. The summed E-state index contributed by atoms with van der Waals surface area (Å²) in [5, 5.41) is 95.4. The Bertz CT molecular complexity index is 4880. The Morgan fingerprint density at radius 2 is 1.09 bits per heavy atom.